The van der Waals surface area contributed by atoms with E-state index >= 15 is 0 Å². The van der Waals surface area contributed by atoms with Crippen LogP contribution >= 0.6 is 0 Å². The fourth-order valence-corrected chi connectivity index (χ4v) is 1.04. The number of carbonyl (C=O) groups is 1. The molecule has 0 aliphatic rings. The molecule has 0 aliphatic carbocycles. The maximum atomic E-state index is 12.4. The number of anilines is 1. The maximum absolute atomic E-state index is 12.4. The fraction of sp³-hybridized carbons (Fsp3) is 0.250. The van der Waals surface area contributed by atoms with Crippen molar-refractivity contribution in [2.24, 2.45) is 0 Å². The van der Waals surface area contributed by atoms with Crippen LogP contribution in [0.5, 0.6) is 0 Å². The minimum Gasteiger partial charge on any atom is -0.383 e. The van der Waals surface area contributed by atoms with Gasteiger partial charge in [-0.15, -0.1) is 0 Å². The molecule has 13 heavy (non-hydrogen) atoms. The third-order valence-electron chi connectivity index (χ3n) is 1.79. The van der Waals surface area contributed by atoms with Gasteiger partial charge in [0.25, 0.3) is 6.43 Å². The zero-order valence-electron chi connectivity index (χ0n) is 6.92. The number of alkyl halides is 2. The Hall–Kier alpha value is -1.52. The second-order valence-electron chi connectivity index (χ2n) is 2.56. The quantitative estimate of drug-likeness (QED) is 0.715. The third kappa shape index (κ3) is 1.63. The summed E-state index contributed by atoms with van der Waals surface area (Å²) in [6, 6.07) is 0. The number of halogens is 2. The summed E-state index contributed by atoms with van der Waals surface area (Å²) in [5.41, 5.74) is 5.05. The Morgan fingerprint density at radius 2 is 2.23 bits per heavy atom. The first-order chi connectivity index (χ1) is 6.07. The largest absolute Gasteiger partial charge is 0.383 e. The van der Waals surface area contributed by atoms with Crippen molar-refractivity contribution in [3.05, 3.63) is 22.9 Å². The molecule has 0 amide bonds. The molecule has 0 atom stereocenters. The number of carbonyl (C=O) groups excluding carboxylic acids is 1. The van der Waals surface area contributed by atoms with E-state index in [1.807, 2.05) is 0 Å². The van der Waals surface area contributed by atoms with Crippen molar-refractivity contribution in [2.45, 2.75) is 13.3 Å². The smallest absolute Gasteiger partial charge is 0.264 e. The molecule has 1 aromatic rings. The van der Waals surface area contributed by atoms with E-state index in [-0.39, 0.29) is 22.5 Å². The van der Waals surface area contributed by atoms with Crippen LogP contribution in [-0.2, 0) is 0 Å². The zero-order valence-corrected chi connectivity index (χ0v) is 6.92. The van der Waals surface area contributed by atoms with E-state index in [4.69, 9.17) is 5.73 Å². The average molecular weight is 186 g/mol. The number of aldehydes is 1. The van der Waals surface area contributed by atoms with E-state index in [1.54, 1.807) is 0 Å². The van der Waals surface area contributed by atoms with E-state index in [9.17, 15) is 13.6 Å². The highest BCUT2D eigenvalue weighted by Gasteiger charge is 2.17. The van der Waals surface area contributed by atoms with Crippen LogP contribution in [0.1, 0.15) is 27.9 Å². The summed E-state index contributed by atoms with van der Waals surface area (Å²) in [6.07, 6.45) is -1.30. The molecular weight excluding hydrogens is 178 g/mol. The highest BCUT2D eigenvalue weighted by molar-refractivity contribution is 5.78. The van der Waals surface area contributed by atoms with Crippen LogP contribution in [0.2, 0.25) is 0 Å². The van der Waals surface area contributed by atoms with E-state index in [0.717, 1.165) is 6.20 Å². The van der Waals surface area contributed by atoms with Crippen LogP contribution in [0, 0.1) is 6.92 Å². The Morgan fingerprint density at radius 3 is 2.69 bits per heavy atom. The summed E-state index contributed by atoms with van der Waals surface area (Å²) < 4.78 is 24.8. The van der Waals surface area contributed by atoms with Crippen molar-refractivity contribution in [1.29, 1.82) is 0 Å². The molecule has 5 heteroatoms. The van der Waals surface area contributed by atoms with Crippen molar-refractivity contribution in [2.75, 3.05) is 5.73 Å². The predicted molar refractivity (Wildman–Crippen MR) is 43.7 cm³/mol. The van der Waals surface area contributed by atoms with Gasteiger partial charge in [-0.2, -0.15) is 0 Å². The molecule has 0 aromatic carbocycles. The molecule has 3 nitrogen and oxygen atoms in total. The first-order valence-corrected chi connectivity index (χ1v) is 3.56. The number of nitrogen functional groups attached to an aromatic ring is 1. The highest BCUT2D eigenvalue weighted by Crippen LogP contribution is 2.27. The van der Waals surface area contributed by atoms with Gasteiger partial charge < -0.3 is 5.73 Å². The molecule has 0 bridgehead atoms. The van der Waals surface area contributed by atoms with Crippen LogP contribution < -0.4 is 5.73 Å². The summed E-state index contributed by atoms with van der Waals surface area (Å²) in [6.45, 7) is 1.41. The Balaban J connectivity index is 3.41. The van der Waals surface area contributed by atoms with Gasteiger partial charge in [-0.3, -0.25) is 4.79 Å². The van der Waals surface area contributed by atoms with Crippen molar-refractivity contribution in [3.63, 3.8) is 0 Å². The van der Waals surface area contributed by atoms with Crippen molar-refractivity contribution >= 4 is 12.1 Å². The molecule has 1 rings (SSSR count). The molecule has 1 heterocycles. The number of aromatic nitrogens is 1. The van der Waals surface area contributed by atoms with Gasteiger partial charge in [-0.1, -0.05) is 0 Å². The lowest BCUT2D eigenvalue weighted by Crippen LogP contribution is -2.03. The van der Waals surface area contributed by atoms with Gasteiger partial charge >= 0.3 is 0 Å². The van der Waals surface area contributed by atoms with Crippen LogP contribution in [0.4, 0.5) is 14.6 Å². The summed E-state index contributed by atoms with van der Waals surface area (Å²) >= 11 is 0. The van der Waals surface area contributed by atoms with Gasteiger partial charge in [0, 0.05) is 22.9 Å². The van der Waals surface area contributed by atoms with Crippen LogP contribution in [0.15, 0.2) is 6.20 Å². The minimum absolute atomic E-state index is 0.0286. The average Bonchev–Trinajstić information content (AvgIpc) is 2.08. The summed E-state index contributed by atoms with van der Waals surface area (Å²) in [5, 5.41) is 0. The van der Waals surface area contributed by atoms with Crippen LogP contribution in [-0.4, -0.2) is 11.3 Å². The lowest BCUT2D eigenvalue weighted by molar-refractivity contribution is 0.110. The Morgan fingerprint density at radius 1 is 1.62 bits per heavy atom. The first kappa shape index (κ1) is 9.57. The molecule has 0 saturated heterocycles. The lowest BCUT2D eigenvalue weighted by atomic mass is 10.1. The van der Waals surface area contributed by atoms with Gasteiger partial charge in [0.05, 0.1) is 0 Å². The molecule has 0 aliphatic heterocycles. The molecule has 0 unspecified atom stereocenters. The Bertz CT molecular complexity index is 339. The predicted octanol–water partition coefficient (Wildman–Crippen LogP) is 1.72. The topological polar surface area (TPSA) is 56.0 Å². The van der Waals surface area contributed by atoms with Gasteiger partial charge in [0.2, 0.25) is 0 Å². The van der Waals surface area contributed by atoms with Crippen molar-refractivity contribution in [3.8, 4) is 0 Å². The van der Waals surface area contributed by atoms with Crippen LogP contribution in [0.3, 0.4) is 0 Å². The normalized spacial score (nSPS) is 10.5. The van der Waals surface area contributed by atoms with Crippen LogP contribution in [0.25, 0.3) is 0 Å². The van der Waals surface area contributed by atoms with Gasteiger partial charge in [-0.05, 0) is 6.92 Å². The fourth-order valence-electron chi connectivity index (χ4n) is 1.04. The van der Waals surface area contributed by atoms with Crippen molar-refractivity contribution < 1.29 is 13.6 Å². The molecule has 0 fully saturated rings. The highest BCUT2D eigenvalue weighted by atomic mass is 19.3. The second kappa shape index (κ2) is 3.47. The number of nitrogens with two attached hydrogens (primary N) is 1. The molecule has 0 saturated carbocycles. The third-order valence-corrected chi connectivity index (χ3v) is 1.79. The standard InChI is InChI=1S/C8H8F2N2O/c1-4-6(7(9)10)5(3-13)2-12-8(4)11/h2-3,7H,1H3,(H2,11,12). The molecule has 2 N–H and O–H groups in total. The minimum atomic E-state index is -2.70. The van der Waals surface area contributed by atoms with Gasteiger partial charge in [0.15, 0.2) is 6.29 Å². The van der Waals surface area contributed by atoms with E-state index < -0.39 is 6.43 Å². The van der Waals surface area contributed by atoms with Gasteiger partial charge in [0.1, 0.15) is 5.82 Å². The number of rotatable bonds is 2. The molecule has 1 aromatic heterocycles. The maximum Gasteiger partial charge on any atom is 0.264 e. The van der Waals surface area contributed by atoms with Crippen molar-refractivity contribution in [1.82, 2.24) is 4.98 Å². The summed E-state index contributed by atoms with van der Waals surface area (Å²) in [7, 11) is 0. The molecule has 0 radical (unpaired) electrons. The SMILES string of the molecule is Cc1c(N)ncc(C=O)c1C(F)F. The monoisotopic (exact) mass is 186 g/mol. The molecular formula is C8H8F2N2O. The molecule has 0 spiro atoms. The van der Waals surface area contributed by atoms with E-state index in [1.165, 1.54) is 6.92 Å². The van der Waals surface area contributed by atoms with E-state index in [2.05, 4.69) is 4.98 Å². The number of hydrogen-bond acceptors (Lipinski definition) is 3. The number of nitrogens with zero attached hydrogens (tertiary/aromatic N) is 1. The van der Waals surface area contributed by atoms with Gasteiger partial charge in [-0.25, -0.2) is 13.8 Å². The lowest BCUT2D eigenvalue weighted by Gasteiger charge is -2.08. The number of hydrogen-bond donors (Lipinski definition) is 1. The summed E-state index contributed by atoms with van der Waals surface area (Å²) in [5.74, 6) is 0.0286. The zero-order chi connectivity index (χ0) is 10.0. The first-order valence-electron chi connectivity index (χ1n) is 3.56. The molecule has 70 valence electrons. The van der Waals surface area contributed by atoms with E-state index in [0.29, 0.717) is 6.29 Å². The number of pyridine rings is 1. The second-order valence-corrected chi connectivity index (χ2v) is 2.56. The Kier molecular flexibility index (Phi) is 2.55. The Labute approximate surface area is 73.6 Å². The summed E-state index contributed by atoms with van der Waals surface area (Å²) in [4.78, 5) is 14.0.